The van der Waals surface area contributed by atoms with Gasteiger partial charge in [-0.15, -0.1) is 0 Å². The van der Waals surface area contributed by atoms with Crippen LogP contribution in [0.2, 0.25) is 0 Å². The number of para-hydroxylation sites is 4. The van der Waals surface area contributed by atoms with Crippen molar-refractivity contribution in [3.63, 3.8) is 0 Å². The molecule has 0 aliphatic rings. The van der Waals surface area contributed by atoms with E-state index in [0.717, 1.165) is 65.5 Å². The van der Waals surface area contributed by atoms with Gasteiger partial charge in [-0.3, -0.25) is 18.4 Å². The average Bonchev–Trinajstić information content (AvgIpc) is 3.62. The van der Waals surface area contributed by atoms with E-state index in [4.69, 9.17) is 9.97 Å². The molecule has 6 nitrogen and oxygen atoms in total. The normalized spacial score (nSPS) is 12.5. The predicted octanol–water partition coefficient (Wildman–Crippen LogP) is 7.16. The van der Waals surface area contributed by atoms with E-state index in [2.05, 4.69) is 24.3 Å². The minimum Gasteiger partial charge on any atom is -0.268 e. The SMILES string of the molecule is O=c1c2cccc3cc(-c4ccc5c(=O)n6c7ccccc7nc6c6cccc4c56)cc(c32)c2nc3ccccc3n12. The zero-order valence-electron chi connectivity index (χ0n) is 22.0. The Hall–Kier alpha value is -5.88. The van der Waals surface area contributed by atoms with Crippen molar-refractivity contribution in [1.29, 1.82) is 0 Å². The molecule has 42 heavy (non-hydrogen) atoms. The third kappa shape index (κ3) is 2.55. The van der Waals surface area contributed by atoms with Gasteiger partial charge in [0, 0.05) is 32.3 Å². The Morgan fingerprint density at radius 3 is 1.81 bits per heavy atom. The maximum Gasteiger partial charge on any atom is 0.264 e. The van der Waals surface area contributed by atoms with Crippen LogP contribution in [-0.2, 0) is 0 Å². The van der Waals surface area contributed by atoms with Crippen LogP contribution >= 0.6 is 0 Å². The molecule has 0 amide bonds. The fraction of sp³-hybridized carbons (Fsp3) is 0. The topological polar surface area (TPSA) is 68.7 Å². The molecular formula is C36H18N4O2. The van der Waals surface area contributed by atoms with Gasteiger partial charge in [-0.25, -0.2) is 9.97 Å². The van der Waals surface area contributed by atoms with Crippen molar-refractivity contribution in [1.82, 2.24) is 18.8 Å². The standard InChI is InChI=1S/C36H18N4O2/c41-35-24-10-5-7-19-17-20(18-26(31(19)24)34-38-28-12-2-4-14-30(28)40(34)35)21-15-16-25-32-22(21)8-6-9-23(32)33-37-27-11-1-3-13-29(27)39(33)36(25)42/h1-18H. The third-order valence-electron chi connectivity index (χ3n) is 8.80. The van der Waals surface area contributed by atoms with Crippen LogP contribution in [0.4, 0.5) is 0 Å². The zero-order valence-corrected chi connectivity index (χ0v) is 22.0. The minimum atomic E-state index is -0.0700. The van der Waals surface area contributed by atoms with Gasteiger partial charge in [0.25, 0.3) is 11.1 Å². The summed E-state index contributed by atoms with van der Waals surface area (Å²) in [6.45, 7) is 0. The van der Waals surface area contributed by atoms with E-state index < -0.39 is 0 Å². The monoisotopic (exact) mass is 538 g/mol. The second kappa shape index (κ2) is 7.44. The predicted molar refractivity (Wildman–Crippen MR) is 169 cm³/mol. The molecule has 4 heterocycles. The summed E-state index contributed by atoms with van der Waals surface area (Å²) >= 11 is 0. The summed E-state index contributed by atoms with van der Waals surface area (Å²) in [5.74, 6) is 0. The molecule has 0 unspecified atom stereocenters. The van der Waals surface area contributed by atoms with Gasteiger partial charge in [0.15, 0.2) is 0 Å². The molecule has 0 N–H and O–H groups in total. The second-order valence-corrected chi connectivity index (χ2v) is 10.9. The molecule has 0 saturated heterocycles. The van der Waals surface area contributed by atoms with Gasteiger partial charge in [-0.1, -0.05) is 60.7 Å². The number of hydrogen-bond donors (Lipinski definition) is 0. The first-order valence-electron chi connectivity index (χ1n) is 13.9. The smallest absolute Gasteiger partial charge is 0.264 e. The van der Waals surface area contributed by atoms with Gasteiger partial charge < -0.3 is 0 Å². The highest BCUT2D eigenvalue weighted by Crippen LogP contribution is 2.39. The van der Waals surface area contributed by atoms with Crippen molar-refractivity contribution in [2.24, 2.45) is 0 Å². The summed E-state index contributed by atoms with van der Waals surface area (Å²) in [6, 6.07) is 35.8. The molecule has 0 aliphatic carbocycles. The second-order valence-electron chi connectivity index (χ2n) is 10.9. The molecule has 0 saturated carbocycles. The molecule has 0 spiro atoms. The molecule has 0 fully saturated rings. The molecule has 6 aromatic carbocycles. The fourth-order valence-electron chi connectivity index (χ4n) is 7.03. The van der Waals surface area contributed by atoms with Gasteiger partial charge in [0.05, 0.1) is 22.1 Å². The number of benzene rings is 6. The van der Waals surface area contributed by atoms with Crippen molar-refractivity contribution in [3.8, 4) is 11.1 Å². The summed E-state index contributed by atoms with van der Waals surface area (Å²) < 4.78 is 3.46. The molecular weight excluding hydrogens is 520 g/mol. The molecule has 0 bridgehead atoms. The van der Waals surface area contributed by atoms with Gasteiger partial charge in [0.2, 0.25) is 0 Å². The first-order valence-corrected chi connectivity index (χ1v) is 13.9. The van der Waals surface area contributed by atoms with Crippen LogP contribution < -0.4 is 11.1 Å². The number of nitrogens with zero attached hydrogens (tertiary/aromatic N) is 4. The summed E-state index contributed by atoms with van der Waals surface area (Å²) in [6.07, 6.45) is 0. The summed E-state index contributed by atoms with van der Waals surface area (Å²) in [5.41, 5.74) is 6.39. The van der Waals surface area contributed by atoms with Gasteiger partial charge >= 0.3 is 0 Å². The van der Waals surface area contributed by atoms with E-state index in [1.807, 2.05) is 84.9 Å². The molecule has 10 aromatic rings. The van der Waals surface area contributed by atoms with Crippen molar-refractivity contribution < 1.29 is 0 Å². The highest BCUT2D eigenvalue weighted by atomic mass is 16.1. The minimum absolute atomic E-state index is 0.0625. The van der Waals surface area contributed by atoms with Crippen molar-refractivity contribution in [3.05, 3.63) is 130 Å². The lowest BCUT2D eigenvalue weighted by molar-refractivity contribution is 1.19. The number of aromatic nitrogens is 4. The Bertz CT molecular complexity index is 2900. The zero-order chi connectivity index (χ0) is 27.7. The Morgan fingerprint density at radius 1 is 0.476 bits per heavy atom. The summed E-state index contributed by atoms with van der Waals surface area (Å²) in [4.78, 5) is 37.3. The molecule has 194 valence electrons. The first-order chi connectivity index (χ1) is 20.7. The third-order valence-corrected chi connectivity index (χ3v) is 8.80. The number of pyridine rings is 2. The Labute approximate surface area is 236 Å². The van der Waals surface area contributed by atoms with Gasteiger partial charge in [0.1, 0.15) is 11.3 Å². The van der Waals surface area contributed by atoms with Crippen LogP contribution in [0.1, 0.15) is 0 Å². The maximum absolute atomic E-state index is 13.9. The van der Waals surface area contributed by atoms with E-state index in [9.17, 15) is 9.59 Å². The maximum atomic E-state index is 13.9. The Kier molecular flexibility index (Phi) is 3.88. The van der Waals surface area contributed by atoms with Crippen molar-refractivity contribution >= 4 is 76.5 Å². The summed E-state index contributed by atoms with van der Waals surface area (Å²) in [7, 11) is 0. The number of rotatable bonds is 1. The van der Waals surface area contributed by atoms with Crippen LogP contribution in [0.5, 0.6) is 0 Å². The highest BCUT2D eigenvalue weighted by molar-refractivity contribution is 6.21. The molecule has 10 rings (SSSR count). The van der Waals surface area contributed by atoms with Crippen LogP contribution in [0.25, 0.3) is 87.6 Å². The lowest BCUT2D eigenvalue weighted by Crippen LogP contribution is -2.13. The van der Waals surface area contributed by atoms with Crippen molar-refractivity contribution in [2.45, 2.75) is 0 Å². The van der Waals surface area contributed by atoms with Crippen LogP contribution in [0.15, 0.2) is 119 Å². The van der Waals surface area contributed by atoms with Gasteiger partial charge in [-0.05, 0) is 70.4 Å². The fourth-order valence-corrected chi connectivity index (χ4v) is 7.03. The van der Waals surface area contributed by atoms with Crippen molar-refractivity contribution in [2.75, 3.05) is 0 Å². The lowest BCUT2D eigenvalue weighted by atomic mass is 9.91. The lowest BCUT2D eigenvalue weighted by Gasteiger charge is -2.14. The van der Waals surface area contributed by atoms with E-state index in [0.29, 0.717) is 22.1 Å². The van der Waals surface area contributed by atoms with Crippen LogP contribution in [0.3, 0.4) is 0 Å². The van der Waals surface area contributed by atoms with E-state index in [1.54, 1.807) is 8.80 Å². The molecule has 4 aromatic heterocycles. The average molecular weight is 539 g/mol. The largest absolute Gasteiger partial charge is 0.268 e. The molecule has 0 aliphatic heterocycles. The molecule has 0 atom stereocenters. The highest BCUT2D eigenvalue weighted by Gasteiger charge is 2.20. The van der Waals surface area contributed by atoms with E-state index >= 15 is 0 Å². The molecule has 0 radical (unpaired) electrons. The van der Waals surface area contributed by atoms with Crippen LogP contribution in [0, 0.1) is 0 Å². The van der Waals surface area contributed by atoms with Gasteiger partial charge in [-0.2, -0.15) is 0 Å². The van der Waals surface area contributed by atoms with E-state index in [-0.39, 0.29) is 11.1 Å². The number of hydrogen-bond acceptors (Lipinski definition) is 4. The van der Waals surface area contributed by atoms with Crippen LogP contribution in [-0.4, -0.2) is 18.8 Å². The summed E-state index contributed by atoms with van der Waals surface area (Å²) in [5, 5.41) is 6.99. The Balaban J connectivity index is 1.36. The van der Waals surface area contributed by atoms with E-state index in [1.165, 1.54) is 0 Å². The number of fused-ring (bicyclic) bond motifs is 8. The quantitative estimate of drug-likeness (QED) is 0.222. The number of imidazole rings is 2. The Morgan fingerprint density at radius 2 is 1.07 bits per heavy atom. The first kappa shape index (κ1) is 21.9. The molecule has 6 heteroatoms.